The number of aryl methyl sites for hydroxylation is 1. The molecule has 0 spiro atoms. The molecule has 1 fully saturated rings. The molecule has 1 saturated heterocycles. The van der Waals surface area contributed by atoms with Crippen LogP contribution in [0.5, 0.6) is 0 Å². The fourth-order valence-electron chi connectivity index (χ4n) is 1.46. The quantitative estimate of drug-likeness (QED) is 0.890. The number of halogens is 2. The molecule has 6 heteroatoms. The van der Waals surface area contributed by atoms with Crippen LogP contribution >= 0.6 is 36.2 Å². The molecule has 0 aliphatic carbocycles. The van der Waals surface area contributed by atoms with Crippen molar-refractivity contribution in [2.45, 2.75) is 13.3 Å². The maximum atomic E-state index is 4.43. The zero-order valence-corrected chi connectivity index (χ0v) is 11.2. The van der Waals surface area contributed by atoms with E-state index in [4.69, 9.17) is 0 Å². The summed E-state index contributed by atoms with van der Waals surface area (Å²) in [6, 6.07) is 0. The zero-order chi connectivity index (χ0) is 9.10. The Morgan fingerprint density at radius 1 is 1.40 bits per heavy atom. The molecule has 0 atom stereocenters. The van der Waals surface area contributed by atoms with Crippen molar-refractivity contribution in [3.05, 3.63) is 11.1 Å². The van der Waals surface area contributed by atoms with E-state index in [0.29, 0.717) is 0 Å². The van der Waals surface area contributed by atoms with Crippen LogP contribution in [0.4, 0.5) is 5.13 Å². The Hall–Kier alpha value is -0.0300. The first-order valence-corrected chi connectivity index (χ1v) is 5.62. The number of rotatable bonds is 2. The summed E-state index contributed by atoms with van der Waals surface area (Å²) in [5.41, 5.74) is 0. The Kier molecular flexibility index (Phi) is 7.26. The van der Waals surface area contributed by atoms with Gasteiger partial charge < -0.3 is 10.2 Å². The van der Waals surface area contributed by atoms with Crippen LogP contribution in [0.3, 0.4) is 0 Å². The lowest BCUT2D eigenvalue weighted by atomic mass is 10.4. The highest BCUT2D eigenvalue weighted by atomic mass is 35.5. The van der Waals surface area contributed by atoms with Gasteiger partial charge >= 0.3 is 0 Å². The molecular formula is C9H17Cl2N3S. The average molecular weight is 270 g/mol. The van der Waals surface area contributed by atoms with Gasteiger partial charge in [0.25, 0.3) is 0 Å². The maximum Gasteiger partial charge on any atom is 0.185 e. The fourth-order valence-corrected chi connectivity index (χ4v) is 2.36. The van der Waals surface area contributed by atoms with Crippen molar-refractivity contribution in [1.82, 2.24) is 10.3 Å². The van der Waals surface area contributed by atoms with Crippen LogP contribution in [0.25, 0.3) is 0 Å². The number of piperazine rings is 1. The van der Waals surface area contributed by atoms with Gasteiger partial charge in [-0.25, -0.2) is 4.98 Å². The Labute approximate surface area is 107 Å². The van der Waals surface area contributed by atoms with Gasteiger partial charge in [-0.15, -0.1) is 36.2 Å². The second-order valence-corrected chi connectivity index (χ2v) is 4.29. The topological polar surface area (TPSA) is 28.2 Å². The molecular weight excluding hydrogens is 253 g/mol. The van der Waals surface area contributed by atoms with E-state index in [1.165, 1.54) is 10.0 Å². The second-order valence-electron chi connectivity index (χ2n) is 3.20. The molecule has 0 saturated carbocycles. The number of thiazole rings is 1. The van der Waals surface area contributed by atoms with E-state index < -0.39 is 0 Å². The van der Waals surface area contributed by atoms with Gasteiger partial charge in [-0.2, -0.15) is 0 Å². The van der Waals surface area contributed by atoms with E-state index in [9.17, 15) is 0 Å². The van der Waals surface area contributed by atoms with Gasteiger partial charge in [0.15, 0.2) is 5.13 Å². The van der Waals surface area contributed by atoms with Gasteiger partial charge in [0.2, 0.25) is 0 Å². The van der Waals surface area contributed by atoms with Gasteiger partial charge in [-0.1, -0.05) is 6.92 Å². The summed E-state index contributed by atoms with van der Waals surface area (Å²) in [5, 5.41) is 4.53. The molecule has 1 aliphatic rings. The summed E-state index contributed by atoms with van der Waals surface area (Å²) in [7, 11) is 0. The third kappa shape index (κ3) is 3.79. The molecule has 2 rings (SSSR count). The molecule has 0 bridgehead atoms. The Bertz CT molecular complexity index is 274. The van der Waals surface area contributed by atoms with Crippen LogP contribution < -0.4 is 10.2 Å². The van der Waals surface area contributed by atoms with Crippen molar-refractivity contribution < 1.29 is 0 Å². The van der Waals surface area contributed by atoms with Crippen molar-refractivity contribution in [2.75, 3.05) is 31.1 Å². The van der Waals surface area contributed by atoms with Crippen molar-refractivity contribution in [1.29, 1.82) is 0 Å². The van der Waals surface area contributed by atoms with Crippen molar-refractivity contribution in [3.8, 4) is 0 Å². The molecule has 15 heavy (non-hydrogen) atoms. The SMILES string of the molecule is CCc1cnc(N2CCNCC2)s1.Cl.Cl. The molecule has 0 aromatic carbocycles. The number of aromatic nitrogens is 1. The van der Waals surface area contributed by atoms with Crippen LogP contribution in [-0.2, 0) is 6.42 Å². The first-order valence-electron chi connectivity index (χ1n) is 4.80. The minimum absolute atomic E-state index is 0. The highest BCUT2D eigenvalue weighted by molar-refractivity contribution is 7.15. The molecule has 2 heterocycles. The Morgan fingerprint density at radius 3 is 2.60 bits per heavy atom. The van der Waals surface area contributed by atoms with Crippen molar-refractivity contribution in [2.24, 2.45) is 0 Å². The molecule has 88 valence electrons. The molecule has 0 unspecified atom stereocenters. The second kappa shape index (κ2) is 7.28. The van der Waals surface area contributed by atoms with Crippen LogP contribution in [0.1, 0.15) is 11.8 Å². The summed E-state index contributed by atoms with van der Waals surface area (Å²) in [6.07, 6.45) is 3.10. The van der Waals surface area contributed by atoms with Crippen LogP contribution in [0.2, 0.25) is 0 Å². The zero-order valence-electron chi connectivity index (χ0n) is 8.73. The molecule has 0 radical (unpaired) electrons. The predicted molar refractivity (Wildman–Crippen MR) is 71.1 cm³/mol. The highest BCUT2D eigenvalue weighted by Crippen LogP contribution is 2.22. The van der Waals surface area contributed by atoms with E-state index in [1.54, 1.807) is 0 Å². The average Bonchev–Trinajstić information content (AvgIpc) is 2.67. The first kappa shape index (κ1) is 15.0. The summed E-state index contributed by atoms with van der Waals surface area (Å²) in [6.45, 7) is 6.53. The molecule has 1 N–H and O–H groups in total. The number of hydrogen-bond acceptors (Lipinski definition) is 4. The number of nitrogens with zero attached hydrogens (tertiary/aromatic N) is 2. The number of anilines is 1. The van der Waals surface area contributed by atoms with Crippen molar-refractivity contribution >= 4 is 41.3 Å². The lowest BCUT2D eigenvalue weighted by Gasteiger charge is -2.26. The van der Waals surface area contributed by atoms with Gasteiger partial charge in [-0.05, 0) is 6.42 Å². The van der Waals surface area contributed by atoms with E-state index in [0.717, 1.165) is 32.6 Å². The summed E-state index contributed by atoms with van der Waals surface area (Å²) in [4.78, 5) is 8.17. The van der Waals surface area contributed by atoms with Crippen LogP contribution in [0, 0.1) is 0 Å². The summed E-state index contributed by atoms with van der Waals surface area (Å²) < 4.78 is 0. The van der Waals surface area contributed by atoms with Gasteiger partial charge in [0, 0.05) is 37.3 Å². The van der Waals surface area contributed by atoms with E-state index in [2.05, 4.69) is 22.1 Å². The molecule has 0 amide bonds. The third-order valence-corrected chi connectivity index (χ3v) is 3.48. The largest absolute Gasteiger partial charge is 0.346 e. The molecule has 1 aliphatic heterocycles. The lowest BCUT2D eigenvalue weighted by molar-refractivity contribution is 0.588. The third-order valence-electron chi connectivity index (χ3n) is 2.28. The van der Waals surface area contributed by atoms with Crippen LogP contribution in [-0.4, -0.2) is 31.2 Å². The van der Waals surface area contributed by atoms with Crippen molar-refractivity contribution in [3.63, 3.8) is 0 Å². The minimum Gasteiger partial charge on any atom is -0.346 e. The minimum atomic E-state index is 0. The first-order chi connectivity index (χ1) is 6.40. The smallest absolute Gasteiger partial charge is 0.185 e. The van der Waals surface area contributed by atoms with Gasteiger partial charge in [0.1, 0.15) is 0 Å². The molecule has 3 nitrogen and oxygen atoms in total. The van der Waals surface area contributed by atoms with Crippen LogP contribution in [0.15, 0.2) is 6.20 Å². The fraction of sp³-hybridized carbons (Fsp3) is 0.667. The van der Waals surface area contributed by atoms with Gasteiger partial charge in [0.05, 0.1) is 0 Å². The summed E-state index contributed by atoms with van der Waals surface area (Å²) in [5.74, 6) is 0. The molecule has 1 aromatic heterocycles. The highest BCUT2D eigenvalue weighted by Gasteiger charge is 2.12. The maximum absolute atomic E-state index is 4.43. The Morgan fingerprint density at radius 2 is 2.07 bits per heavy atom. The Balaban J connectivity index is 0.000000980. The number of hydrogen-bond donors (Lipinski definition) is 1. The van der Waals surface area contributed by atoms with E-state index in [-0.39, 0.29) is 24.8 Å². The predicted octanol–water partition coefficient (Wildman–Crippen LogP) is 1.96. The van der Waals surface area contributed by atoms with E-state index >= 15 is 0 Å². The summed E-state index contributed by atoms with van der Waals surface area (Å²) >= 11 is 1.83. The monoisotopic (exact) mass is 269 g/mol. The van der Waals surface area contributed by atoms with Gasteiger partial charge in [-0.3, -0.25) is 0 Å². The van der Waals surface area contributed by atoms with E-state index in [1.807, 2.05) is 17.5 Å². The standard InChI is InChI=1S/C9H15N3S.2ClH/c1-2-8-7-11-9(13-8)12-5-3-10-4-6-12;;/h7,10H,2-6H2,1H3;2*1H. The lowest BCUT2D eigenvalue weighted by Crippen LogP contribution is -2.43. The number of nitrogens with one attached hydrogen (secondary N) is 1. The molecule has 1 aromatic rings. The normalized spacial score (nSPS) is 15.4.